The maximum atomic E-state index is 13.0. The molecule has 9 nitrogen and oxygen atoms in total. The normalized spacial score (nSPS) is 11.0. The molecule has 0 N–H and O–H groups in total. The van der Waals surface area contributed by atoms with E-state index in [1.165, 1.54) is 22.4 Å². The van der Waals surface area contributed by atoms with Crippen LogP contribution in [-0.4, -0.2) is 37.5 Å². The quantitative estimate of drug-likeness (QED) is 0.418. The molecule has 0 bridgehead atoms. The number of benzene rings is 2. The lowest BCUT2D eigenvalue weighted by Crippen LogP contribution is -2.20. The van der Waals surface area contributed by atoms with Crippen molar-refractivity contribution < 1.29 is 14.3 Å². The Kier molecular flexibility index (Phi) is 4.40. The molecule has 0 fully saturated rings. The van der Waals surface area contributed by atoms with Crippen molar-refractivity contribution in [2.24, 2.45) is 0 Å². The molecule has 0 unspecified atom stereocenters. The van der Waals surface area contributed by atoms with E-state index in [4.69, 9.17) is 9.47 Å². The molecule has 0 aliphatic carbocycles. The van der Waals surface area contributed by atoms with Gasteiger partial charge in [0.1, 0.15) is 22.6 Å². The second-order valence-corrected chi connectivity index (χ2v) is 6.62. The molecule has 0 atom stereocenters. The molecule has 0 radical (unpaired) electrons. The molecule has 5 aromatic rings. The van der Waals surface area contributed by atoms with Gasteiger partial charge in [-0.3, -0.25) is 9.36 Å². The third-order valence-corrected chi connectivity index (χ3v) is 4.76. The van der Waals surface area contributed by atoms with Gasteiger partial charge in [0.15, 0.2) is 11.2 Å². The monoisotopic (exact) mass is 413 g/mol. The topological polar surface area (TPSA) is 101 Å². The van der Waals surface area contributed by atoms with E-state index >= 15 is 0 Å². The molecule has 0 saturated heterocycles. The first-order chi connectivity index (χ1) is 15.2. The summed E-state index contributed by atoms with van der Waals surface area (Å²) < 4.78 is 13.4. The summed E-state index contributed by atoms with van der Waals surface area (Å²) in [5.41, 5.74) is 1.24. The van der Waals surface area contributed by atoms with Crippen LogP contribution in [-0.2, 0) is 4.74 Å². The fourth-order valence-electron chi connectivity index (χ4n) is 3.25. The standard InChI is InChI=1S/C22H15N5O4/c1-30-22(29)17-13-23-27-18-11-12-26(21(28)19(18)24-25-20(17)27)14-7-9-16(10-8-14)31-15-5-3-2-4-6-15/h2-13H,1H3. The number of carbonyl (C=O) groups excluding carboxylic acids is 1. The molecule has 3 aromatic heterocycles. The molecule has 0 aliphatic heterocycles. The molecule has 0 aliphatic rings. The van der Waals surface area contributed by atoms with Crippen molar-refractivity contribution in [1.29, 1.82) is 0 Å². The number of hydrogen-bond acceptors (Lipinski definition) is 7. The molecule has 3 heterocycles. The van der Waals surface area contributed by atoms with Crippen LogP contribution >= 0.6 is 0 Å². The Morgan fingerprint density at radius 2 is 1.68 bits per heavy atom. The fraction of sp³-hybridized carbons (Fsp3) is 0.0455. The molecule has 0 spiro atoms. The van der Waals surface area contributed by atoms with Crippen molar-refractivity contribution >= 4 is 22.6 Å². The lowest BCUT2D eigenvalue weighted by Gasteiger charge is -2.09. The number of ether oxygens (including phenoxy) is 2. The Hall–Kier alpha value is -4.53. The highest BCUT2D eigenvalue weighted by molar-refractivity contribution is 5.96. The van der Waals surface area contributed by atoms with Gasteiger partial charge in [-0.1, -0.05) is 18.2 Å². The van der Waals surface area contributed by atoms with E-state index in [2.05, 4.69) is 15.3 Å². The molecule has 0 amide bonds. The first-order valence-electron chi connectivity index (χ1n) is 9.33. The summed E-state index contributed by atoms with van der Waals surface area (Å²) >= 11 is 0. The van der Waals surface area contributed by atoms with Gasteiger partial charge in [0.05, 0.1) is 13.3 Å². The van der Waals surface area contributed by atoms with E-state index in [-0.39, 0.29) is 22.3 Å². The zero-order valence-corrected chi connectivity index (χ0v) is 16.3. The summed E-state index contributed by atoms with van der Waals surface area (Å²) in [6.07, 6.45) is 2.96. The van der Waals surface area contributed by atoms with Crippen molar-refractivity contribution in [2.75, 3.05) is 7.11 Å². The van der Waals surface area contributed by atoms with Crippen molar-refractivity contribution in [2.45, 2.75) is 0 Å². The van der Waals surface area contributed by atoms with Gasteiger partial charge in [0, 0.05) is 11.9 Å². The molecular formula is C22H15N5O4. The summed E-state index contributed by atoms with van der Waals surface area (Å²) in [5.74, 6) is 0.801. The Labute approximate surface area is 175 Å². The maximum Gasteiger partial charge on any atom is 0.343 e. The van der Waals surface area contributed by atoms with E-state index in [1.54, 1.807) is 36.5 Å². The summed E-state index contributed by atoms with van der Waals surface area (Å²) in [6, 6.07) is 18.2. The van der Waals surface area contributed by atoms with Crippen LogP contribution < -0.4 is 10.3 Å². The average molecular weight is 413 g/mol. The third-order valence-electron chi connectivity index (χ3n) is 4.76. The lowest BCUT2D eigenvalue weighted by molar-refractivity contribution is 0.0602. The first kappa shape index (κ1) is 18.5. The molecule has 152 valence electrons. The third kappa shape index (κ3) is 3.18. The highest BCUT2D eigenvalue weighted by atomic mass is 16.5. The van der Waals surface area contributed by atoms with Crippen LogP contribution in [0.15, 0.2) is 77.9 Å². The van der Waals surface area contributed by atoms with Crippen LogP contribution in [0, 0.1) is 0 Å². The van der Waals surface area contributed by atoms with E-state index in [1.807, 2.05) is 30.3 Å². The molecule has 5 rings (SSSR count). The minimum Gasteiger partial charge on any atom is -0.465 e. The van der Waals surface area contributed by atoms with E-state index < -0.39 is 5.97 Å². The largest absolute Gasteiger partial charge is 0.465 e. The van der Waals surface area contributed by atoms with Gasteiger partial charge in [-0.15, -0.1) is 10.2 Å². The van der Waals surface area contributed by atoms with Crippen molar-refractivity contribution in [3.05, 3.63) is 89.0 Å². The van der Waals surface area contributed by atoms with Crippen LogP contribution in [0.5, 0.6) is 11.5 Å². The van der Waals surface area contributed by atoms with Crippen LogP contribution in [0.1, 0.15) is 10.4 Å². The zero-order chi connectivity index (χ0) is 21.4. The summed E-state index contributed by atoms with van der Waals surface area (Å²) in [7, 11) is 1.27. The minimum atomic E-state index is -0.574. The molecule has 0 saturated carbocycles. The summed E-state index contributed by atoms with van der Waals surface area (Å²) in [6.45, 7) is 0. The van der Waals surface area contributed by atoms with Crippen LogP contribution in [0.3, 0.4) is 0 Å². The Bertz CT molecular complexity index is 1470. The van der Waals surface area contributed by atoms with Crippen molar-refractivity contribution in [3.63, 3.8) is 0 Å². The van der Waals surface area contributed by atoms with Gasteiger partial charge in [-0.25, -0.2) is 9.31 Å². The Balaban J connectivity index is 1.53. The second-order valence-electron chi connectivity index (χ2n) is 6.62. The van der Waals surface area contributed by atoms with E-state index in [0.29, 0.717) is 17.0 Å². The van der Waals surface area contributed by atoms with Gasteiger partial charge in [0.2, 0.25) is 0 Å². The highest BCUT2D eigenvalue weighted by Crippen LogP contribution is 2.22. The Morgan fingerprint density at radius 3 is 2.42 bits per heavy atom. The van der Waals surface area contributed by atoms with E-state index in [0.717, 1.165) is 5.75 Å². The van der Waals surface area contributed by atoms with Crippen LogP contribution in [0.25, 0.3) is 22.4 Å². The number of fused-ring (bicyclic) bond motifs is 3. The van der Waals surface area contributed by atoms with Gasteiger partial charge in [-0.2, -0.15) is 5.10 Å². The number of hydrogen-bond donors (Lipinski definition) is 0. The fourth-order valence-corrected chi connectivity index (χ4v) is 3.25. The number of nitrogens with zero attached hydrogens (tertiary/aromatic N) is 5. The van der Waals surface area contributed by atoms with Crippen LogP contribution in [0.2, 0.25) is 0 Å². The second kappa shape index (κ2) is 7.38. The van der Waals surface area contributed by atoms with Gasteiger partial charge in [0.25, 0.3) is 5.56 Å². The minimum absolute atomic E-state index is 0.124. The summed E-state index contributed by atoms with van der Waals surface area (Å²) in [4.78, 5) is 24.9. The van der Waals surface area contributed by atoms with Crippen LogP contribution in [0.4, 0.5) is 0 Å². The van der Waals surface area contributed by atoms with Gasteiger partial charge >= 0.3 is 5.97 Å². The number of aromatic nitrogens is 5. The lowest BCUT2D eigenvalue weighted by atomic mass is 10.2. The molecular weight excluding hydrogens is 398 g/mol. The predicted octanol–water partition coefficient (Wildman–Crippen LogP) is 3.01. The SMILES string of the molecule is COC(=O)c1cnn2c1nnc1c(=O)n(-c3ccc(Oc4ccccc4)cc3)ccc12. The summed E-state index contributed by atoms with van der Waals surface area (Å²) in [5, 5.41) is 12.2. The van der Waals surface area contributed by atoms with Gasteiger partial charge < -0.3 is 9.47 Å². The highest BCUT2D eigenvalue weighted by Gasteiger charge is 2.18. The number of esters is 1. The smallest absolute Gasteiger partial charge is 0.343 e. The average Bonchev–Trinajstić information content (AvgIpc) is 3.25. The molecule has 2 aromatic carbocycles. The first-order valence-corrected chi connectivity index (χ1v) is 9.33. The number of carbonyl (C=O) groups is 1. The molecule has 31 heavy (non-hydrogen) atoms. The van der Waals surface area contributed by atoms with Crippen molar-refractivity contribution in [1.82, 2.24) is 24.4 Å². The predicted molar refractivity (Wildman–Crippen MR) is 112 cm³/mol. The van der Waals surface area contributed by atoms with E-state index in [9.17, 15) is 9.59 Å². The number of pyridine rings is 1. The maximum absolute atomic E-state index is 13.0. The molecule has 9 heteroatoms. The number of rotatable bonds is 4. The number of para-hydroxylation sites is 1. The van der Waals surface area contributed by atoms with Gasteiger partial charge in [-0.05, 0) is 42.5 Å². The Morgan fingerprint density at radius 1 is 0.935 bits per heavy atom. The zero-order valence-electron chi connectivity index (χ0n) is 16.3. The van der Waals surface area contributed by atoms with Crippen molar-refractivity contribution in [3.8, 4) is 17.2 Å². The number of methoxy groups -OCH3 is 1.